The topological polar surface area (TPSA) is 80.9 Å². The Morgan fingerprint density at radius 1 is 0.412 bits per heavy atom. The molecular weight excluding hydrogens is 424 g/mol. The normalized spacial score (nSPS) is 11.4. The third kappa shape index (κ3) is 5.70. The zero-order valence-electron chi connectivity index (χ0n) is 19.2. The molecule has 0 bridgehead atoms. The van der Waals surface area contributed by atoms with Crippen LogP contribution in [-0.4, -0.2) is 20.4 Å². The Balaban J connectivity index is 1.62. The highest BCUT2D eigenvalue weighted by molar-refractivity contribution is 5.39. The molecule has 4 N–H and O–H groups in total. The Hall–Kier alpha value is -3.92. The van der Waals surface area contributed by atoms with Crippen molar-refractivity contribution in [3.63, 3.8) is 0 Å². The Morgan fingerprint density at radius 2 is 0.618 bits per heavy atom. The van der Waals surface area contributed by atoms with Gasteiger partial charge >= 0.3 is 0 Å². The van der Waals surface area contributed by atoms with Crippen molar-refractivity contribution in [3.8, 4) is 23.0 Å². The first-order chi connectivity index (χ1) is 16.4. The molecule has 0 amide bonds. The summed E-state index contributed by atoms with van der Waals surface area (Å²) in [5.74, 6) is 1.48. The predicted octanol–water partition coefficient (Wildman–Crippen LogP) is 6.89. The summed E-state index contributed by atoms with van der Waals surface area (Å²) in [6.45, 7) is 2.24. The summed E-state index contributed by atoms with van der Waals surface area (Å²) in [6.07, 6.45) is 1.75. The first-order valence-electron chi connectivity index (χ1n) is 11.5. The number of rotatable bonds is 8. The zero-order valence-corrected chi connectivity index (χ0v) is 19.2. The average molecular weight is 455 g/mol. The molecule has 0 spiro atoms. The summed E-state index contributed by atoms with van der Waals surface area (Å²) in [5.41, 5.74) is 4.45. The highest BCUT2D eigenvalue weighted by Gasteiger charge is 2.23. The summed E-state index contributed by atoms with van der Waals surface area (Å²) < 4.78 is 0. The van der Waals surface area contributed by atoms with Gasteiger partial charge in [0.25, 0.3) is 0 Å². The van der Waals surface area contributed by atoms with E-state index in [1.165, 1.54) is 0 Å². The van der Waals surface area contributed by atoms with E-state index in [9.17, 15) is 20.4 Å². The summed E-state index contributed by atoms with van der Waals surface area (Å²) >= 11 is 0. The predicted molar refractivity (Wildman–Crippen MR) is 135 cm³/mol. The molecule has 0 aliphatic heterocycles. The molecule has 4 aromatic rings. The number of aromatic hydroxyl groups is 4. The van der Waals surface area contributed by atoms with Crippen LogP contribution >= 0.6 is 0 Å². The van der Waals surface area contributed by atoms with Gasteiger partial charge in [0.05, 0.1) is 0 Å². The van der Waals surface area contributed by atoms with Gasteiger partial charge in [0, 0.05) is 11.8 Å². The quantitative estimate of drug-likeness (QED) is 0.234. The monoisotopic (exact) mass is 454 g/mol. The van der Waals surface area contributed by atoms with Crippen LogP contribution in [0.2, 0.25) is 0 Å². The Morgan fingerprint density at radius 3 is 0.824 bits per heavy atom. The molecule has 4 aromatic carbocycles. The number of hydrogen-bond donors (Lipinski definition) is 4. The van der Waals surface area contributed by atoms with Crippen molar-refractivity contribution in [1.29, 1.82) is 0 Å². The van der Waals surface area contributed by atoms with E-state index in [1.54, 1.807) is 48.5 Å². The molecule has 0 aliphatic rings. The van der Waals surface area contributed by atoms with Gasteiger partial charge in [0.1, 0.15) is 23.0 Å². The maximum atomic E-state index is 9.77. The van der Waals surface area contributed by atoms with Crippen molar-refractivity contribution in [1.82, 2.24) is 0 Å². The van der Waals surface area contributed by atoms with Gasteiger partial charge in [-0.3, -0.25) is 0 Å². The summed E-state index contributed by atoms with van der Waals surface area (Å²) in [5, 5.41) is 39.1. The van der Waals surface area contributed by atoms with Crippen molar-refractivity contribution in [2.24, 2.45) is 5.92 Å². The third-order valence-corrected chi connectivity index (χ3v) is 6.46. The average Bonchev–Trinajstić information content (AvgIpc) is 2.84. The molecule has 0 saturated carbocycles. The molecule has 0 unspecified atom stereocenters. The number of phenols is 4. The van der Waals surface area contributed by atoms with Gasteiger partial charge in [-0.05, 0) is 89.5 Å². The molecule has 4 heteroatoms. The van der Waals surface area contributed by atoms with Crippen molar-refractivity contribution < 1.29 is 20.4 Å². The van der Waals surface area contributed by atoms with Gasteiger partial charge in [0.2, 0.25) is 0 Å². The molecule has 34 heavy (non-hydrogen) atoms. The Labute approximate surface area is 200 Å². The van der Waals surface area contributed by atoms with Crippen LogP contribution in [0.25, 0.3) is 0 Å². The van der Waals surface area contributed by atoms with Crippen molar-refractivity contribution in [3.05, 3.63) is 119 Å². The van der Waals surface area contributed by atoms with Gasteiger partial charge in [-0.25, -0.2) is 0 Å². The van der Waals surface area contributed by atoms with E-state index < -0.39 is 0 Å². The first kappa shape index (κ1) is 23.2. The number of phenolic OH excluding ortho intramolecular Hbond substituents is 4. The standard InChI is InChI=1S/C30H30O4/c1-20(18-29(21-2-10-25(31)11-3-21)22-4-12-26(32)13-5-22)19-30(23-6-14-27(33)15-7-23)24-8-16-28(34)17-9-24/h2-17,20,29-34H,18-19H2,1H3. The molecule has 0 heterocycles. The first-order valence-corrected chi connectivity index (χ1v) is 11.5. The molecule has 0 fully saturated rings. The summed E-state index contributed by atoms with van der Waals surface area (Å²) in [6, 6.07) is 29.3. The van der Waals surface area contributed by atoms with Crippen LogP contribution in [0.4, 0.5) is 0 Å². The molecule has 174 valence electrons. The smallest absolute Gasteiger partial charge is 0.115 e. The lowest BCUT2D eigenvalue weighted by Crippen LogP contribution is -2.12. The van der Waals surface area contributed by atoms with Crippen LogP contribution in [-0.2, 0) is 0 Å². The van der Waals surface area contributed by atoms with Gasteiger partial charge in [-0.2, -0.15) is 0 Å². The molecule has 0 aromatic heterocycles. The van der Waals surface area contributed by atoms with Crippen molar-refractivity contribution >= 4 is 0 Å². The summed E-state index contributed by atoms with van der Waals surface area (Å²) in [4.78, 5) is 0. The van der Waals surface area contributed by atoms with E-state index in [-0.39, 0.29) is 34.8 Å². The highest BCUT2D eigenvalue weighted by Crippen LogP contribution is 2.38. The molecule has 0 aliphatic carbocycles. The fourth-order valence-electron chi connectivity index (χ4n) is 4.66. The van der Waals surface area contributed by atoms with E-state index in [0.717, 1.165) is 35.1 Å². The minimum atomic E-state index is 0.108. The second-order valence-corrected chi connectivity index (χ2v) is 9.05. The Bertz CT molecular complexity index is 993. The van der Waals surface area contributed by atoms with E-state index in [2.05, 4.69) is 6.92 Å². The Kier molecular flexibility index (Phi) is 7.07. The maximum absolute atomic E-state index is 9.77. The fraction of sp³-hybridized carbons (Fsp3) is 0.200. The molecule has 0 radical (unpaired) electrons. The largest absolute Gasteiger partial charge is 0.508 e. The zero-order chi connectivity index (χ0) is 24.1. The highest BCUT2D eigenvalue weighted by atomic mass is 16.3. The van der Waals surface area contributed by atoms with Crippen LogP contribution in [0.1, 0.15) is 53.9 Å². The van der Waals surface area contributed by atoms with Crippen LogP contribution in [0.5, 0.6) is 23.0 Å². The summed E-state index contributed by atoms with van der Waals surface area (Å²) in [7, 11) is 0. The third-order valence-electron chi connectivity index (χ3n) is 6.46. The van der Waals surface area contributed by atoms with Gasteiger partial charge in [-0.15, -0.1) is 0 Å². The minimum Gasteiger partial charge on any atom is -0.508 e. The van der Waals surface area contributed by atoms with Crippen molar-refractivity contribution in [2.75, 3.05) is 0 Å². The number of hydrogen-bond acceptors (Lipinski definition) is 4. The maximum Gasteiger partial charge on any atom is 0.115 e. The van der Waals surface area contributed by atoms with E-state index in [0.29, 0.717) is 5.92 Å². The number of benzene rings is 4. The van der Waals surface area contributed by atoms with E-state index in [1.807, 2.05) is 48.5 Å². The second-order valence-electron chi connectivity index (χ2n) is 9.05. The van der Waals surface area contributed by atoms with Crippen LogP contribution in [0.3, 0.4) is 0 Å². The minimum absolute atomic E-state index is 0.108. The van der Waals surface area contributed by atoms with Crippen molar-refractivity contribution in [2.45, 2.75) is 31.6 Å². The molecule has 0 saturated heterocycles. The lowest BCUT2D eigenvalue weighted by atomic mass is 9.78. The lowest BCUT2D eigenvalue weighted by molar-refractivity contribution is 0.439. The van der Waals surface area contributed by atoms with Crippen LogP contribution in [0.15, 0.2) is 97.1 Å². The SMILES string of the molecule is CC(CC(c1ccc(O)cc1)c1ccc(O)cc1)CC(c1ccc(O)cc1)c1ccc(O)cc1. The van der Waals surface area contributed by atoms with Gasteiger partial charge in [-0.1, -0.05) is 55.5 Å². The fourth-order valence-corrected chi connectivity index (χ4v) is 4.66. The van der Waals surface area contributed by atoms with E-state index in [4.69, 9.17) is 0 Å². The van der Waals surface area contributed by atoms with Crippen LogP contribution in [0, 0.1) is 5.92 Å². The molecule has 4 nitrogen and oxygen atoms in total. The van der Waals surface area contributed by atoms with Gasteiger partial charge < -0.3 is 20.4 Å². The molecular formula is C30H30O4. The second kappa shape index (κ2) is 10.3. The van der Waals surface area contributed by atoms with Gasteiger partial charge in [0.15, 0.2) is 0 Å². The molecule has 4 rings (SSSR count). The van der Waals surface area contributed by atoms with Crippen LogP contribution < -0.4 is 0 Å². The van der Waals surface area contributed by atoms with E-state index >= 15 is 0 Å². The molecule has 0 atom stereocenters. The lowest BCUT2D eigenvalue weighted by Gasteiger charge is -2.26.